The third kappa shape index (κ3) is 8.73. The predicted molar refractivity (Wildman–Crippen MR) is 171 cm³/mol. The molecule has 1 heterocycles. The van der Waals surface area contributed by atoms with E-state index in [1.807, 2.05) is 0 Å². The molecule has 4 N–H and O–H groups in total. The Morgan fingerprint density at radius 1 is 1.11 bits per heavy atom. The largest absolute Gasteiger partial charge is 0.490 e. The lowest BCUT2D eigenvalue weighted by Crippen LogP contribution is -2.45. The van der Waals surface area contributed by atoms with E-state index in [1.54, 1.807) is 62.4 Å². The molecule has 0 unspecified atom stereocenters. The summed E-state index contributed by atoms with van der Waals surface area (Å²) in [5, 5.41) is 30.6. The Hall–Kier alpha value is -5.15. The molecule has 0 aliphatic carbocycles. The van der Waals surface area contributed by atoms with Gasteiger partial charge in [0.2, 0.25) is 0 Å². The molecule has 0 aromatic heterocycles. The lowest BCUT2D eigenvalue weighted by molar-refractivity contribution is -0.384. The Labute approximate surface area is 272 Å². The number of benzene rings is 3. The third-order valence-electron chi connectivity index (χ3n) is 6.61. The molecule has 0 saturated carbocycles. The fourth-order valence-corrected chi connectivity index (χ4v) is 4.92. The Bertz CT molecular complexity index is 1650. The summed E-state index contributed by atoms with van der Waals surface area (Å²) in [5.41, 5.74) is 5.31. The average molecular weight is 699 g/mol. The number of esters is 1. The van der Waals surface area contributed by atoms with Crippen molar-refractivity contribution in [2.75, 3.05) is 20.3 Å². The van der Waals surface area contributed by atoms with E-state index >= 15 is 0 Å². The topological polar surface area (TPSA) is 183 Å². The predicted octanol–water partition coefficient (Wildman–Crippen LogP) is 4.46. The van der Waals surface area contributed by atoms with Crippen molar-refractivity contribution in [2.24, 2.45) is 5.10 Å². The molecule has 4 rings (SSSR count). The van der Waals surface area contributed by atoms with Crippen LogP contribution in [-0.2, 0) is 16.1 Å². The Balaban J connectivity index is 1.33. The van der Waals surface area contributed by atoms with E-state index in [0.717, 1.165) is 5.56 Å². The van der Waals surface area contributed by atoms with Gasteiger partial charge in [-0.1, -0.05) is 6.07 Å². The molecule has 0 fully saturated rings. The van der Waals surface area contributed by atoms with Crippen LogP contribution < -0.4 is 30.3 Å². The van der Waals surface area contributed by atoms with Gasteiger partial charge in [0.25, 0.3) is 5.69 Å². The average Bonchev–Trinajstić information content (AvgIpc) is 3.03. The first-order valence-electron chi connectivity index (χ1n) is 14.0. The van der Waals surface area contributed by atoms with Crippen LogP contribution in [0.5, 0.6) is 17.2 Å². The van der Waals surface area contributed by atoms with Crippen LogP contribution in [0.1, 0.15) is 36.6 Å². The molecule has 14 nitrogen and oxygen atoms in total. The van der Waals surface area contributed by atoms with Gasteiger partial charge in [-0.05, 0) is 88.9 Å². The summed E-state index contributed by atoms with van der Waals surface area (Å²) < 4.78 is 22.9. The number of halogens is 1. The van der Waals surface area contributed by atoms with E-state index in [0.29, 0.717) is 45.2 Å². The van der Waals surface area contributed by atoms with Gasteiger partial charge in [0.05, 0.1) is 40.9 Å². The second kappa shape index (κ2) is 15.7. The fraction of sp³-hybridized carbons (Fsp3) is 0.258. The van der Waals surface area contributed by atoms with Crippen molar-refractivity contribution < 1.29 is 38.6 Å². The van der Waals surface area contributed by atoms with Gasteiger partial charge in [-0.25, -0.2) is 9.59 Å². The molecule has 242 valence electrons. The van der Waals surface area contributed by atoms with E-state index in [2.05, 4.69) is 37.1 Å². The molecule has 0 saturated heterocycles. The number of urea groups is 1. The standard InChI is InChI=1S/C31H32BrN5O9/c1-4-44-26-14-21(29-28(30(39)43-3)18(2)34-31(40)35-29)8-12-25(26)46-17-27(38)36-33-15-20-7-11-24(23(32)13-20)45-16-19-5-9-22(10-6-19)37(41)42/h5-15,27,29,36,38H,4,16-17H2,1-3H3,(H2,34,35,40)/b33-15-/t27-,29+/m0/s1. The number of carbonyl (C=O) groups excluding carboxylic acids is 2. The third-order valence-corrected chi connectivity index (χ3v) is 7.23. The maximum Gasteiger partial charge on any atom is 0.337 e. The van der Waals surface area contributed by atoms with Crippen molar-refractivity contribution >= 4 is 39.8 Å². The van der Waals surface area contributed by atoms with Crippen LogP contribution in [0, 0.1) is 10.1 Å². The van der Waals surface area contributed by atoms with E-state index < -0.39 is 29.2 Å². The Morgan fingerprint density at radius 2 is 1.85 bits per heavy atom. The number of rotatable bonds is 14. The number of ether oxygens (including phenoxy) is 4. The lowest BCUT2D eigenvalue weighted by atomic mass is 9.95. The number of carbonyl (C=O) groups is 2. The van der Waals surface area contributed by atoms with Crippen LogP contribution in [0.15, 0.2) is 81.5 Å². The number of nitrogens with one attached hydrogen (secondary N) is 3. The molecule has 0 bridgehead atoms. The summed E-state index contributed by atoms with van der Waals surface area (Å²) in [6.45, 7) is 3.79. The zero-order chi connectivity index (χ0) is 33.2. The van der Waals surface area contributed by atoms with E-state index in [9.17, 15) is 24.8 Å². The molecule has 2 atom stereocenters. The van der Waals surface area contributed by atoms with Crippen molar-refractivity contribution in [1.82, 2.24) is 16.1 Å². The minimum Gasteiger partial charge on any atom is -0.490 e. The molecule has 46 heavy (non-hydrogen) atoms. The lowest BCUT2D eigenvalue weighted by Gasteiger charge is -2.28. The summed E-state index contributed by atoms with van der Waals surface area (Å²) in [7, 11) is 1.26. The summed E-state index contributed by atoms with van der Waals surface area (Å²) in [5.74, 6) is 0.679. The molecule has 1 aliphatic heterocycles. The van der Waals surface area contributed by atoms with Gasteiger partial charge in [0.1, 0.15) is 19.0 Å². The molecular formula is C31H32BrN5O9. The van der Waals surface area contributed by atoms with Crippen LogP contribution in [-0.4, -0.2) is 54.8 Å². The van der Waals surface area contributed by atoms with Gasteiger partial charge in [-0.3, -0.25) is 15.5 Å². The normalized spacial score (nSPS) is 15.1. The maximum atomic E-state index is 12.4. The zero-order valence-corrected chi connectivity index (χ0v) is 26.7. The van der Waals surface area contributed by atoms with Crippen LogP contribution in [0.3, 0.4) is 0 Å². The highest BCUT2D eigenvalue weighted by Crippen LogP contribution is 2.35. The molecular weight excluding hydrogens is 666 g/mol. The van der Waals surface area contributed by atoms with Gasteiger partial charge in [-0.2, -0.15) is 5.10 Å². The number of hydrogen-bond acceptors (Lipinski definition) is 11. The fourth-order valence-electron chi connectivity index (χ4n) is 4.41. The number of allylic oxidation sites excluding steroid dienone is 1. The van der Waals surface area contributed by atoms with Crippen molar-refractivity contribution in [3.63, 3.8) is 0 Å². The summed E-state index contributed by atoms with van der Waals surface area (Å²) in [6, 6.07) is 15.1. The SMILES string of the molecule is CCOc1cc([C@H]2NC(=O)NC(C)=C2C(=O)OC)ccc1OC[C@H](O)N/N=C\c1ccc(OCc2ccc([N+](=O)[O-])cc2)c(Br)c1. The monoisotopic (exact) mass is 697 g/mol. The van der Waals surface area contributed by atoms with Crippen molar-refractivity contribution in [2.45, 2.75) is 32.7 Å². The molecule has 0 spiro atoms. The smallest absolute Gasteiger partial charge is 0.337 e. The number of nitro groups is 1. The van der Waals surface area contributed by atoms with E-state index in [-0.39, 0.29) is 24.5 Å². The highest BCUT2D eigenvalue weighted by Gasteiger charge is 2.32. The minimum atomic E-state index is -1.17. The summed E-state index contributed by atoms with van der Waals surface area (Å²) in [6.07, 6.45) is 0.342. The molecule has 3 aromatic rings. The van der Waals surface area contributed by atoms with Gasteiger partial charge >= 0.3 is 12.0 Å². The van der Waals surface area contributed by atoms with Gasteiger partial charge in [0, 0.05) is 17.8 Å². The molecule has 0 radical (unpaired) electrons. The summed E-state index contributed by atoms with van der Waals surface area (Å²) in [4.78, 5) is 34.9. The highest BCUT2D eigenvalue weighted by molar-refractivity contribution is 9.10. The first-order valence-corrected chi connectivity index (χ1v) is 14.8. The minimum absolute atomic E-state index is 0.0119. The summed E-state index contributed by atoms with van der Waals surface area (Å²) >= 11 is 3.47. The number of nitro benzene ring substituents is 1. The maximum absolute atomic E-state index is 12.4. The number of aliphatic hydroxyl groups excluding tert-OH is 1. The molecule has 3 aromatic carbocycles. The van der Waals surface area contributed by atoms with E-state index in [1.165, 1.54) is 25.5 Å². The number of aliphatic hydroxyl groups is 1. The number of nitrogens with zero attached hydrogens (tertiary/aromatic N) is 2. The first-order chi connectivity index (χ1) is 22.1. The van der Waals surface area contributed by atoms with Gasteiger partial charge in [-0.15, -0.1) is 0 Å². The van der Waals surface area contributed by atoms with Crippen LogP contribution in [0.4, 0.5) is 10.5 Å². The Morgan fingerprint density at radius 3 is 2.52 bits per heavy atom. The number of non-ortho nitro benzene ring substituents is 1. The van der Waals surface area contributed by atoms with Crippen molar-refractivity contribution in [3.8, 4) is 17.2 Å². The van der Waals surface area contributed by atoms with E-state index in [4.69, 9.17) is 18.9 Å². The second-order valence-corrected chi connectivity index (χ2v) is 10.7. The van der Waals surface area contributed by atoms with Crippen LogP contribution in [0.2, 0.25) is 0 Å². The van der Waals surface area contributed by atoms with Crippen molar-refractivity contribution in [1.29, 1.82) is 0 Å². The molecule has 15 heteroatoms. The first kappa shape index (κ1) is 33.7. The molecule has 1 aliphatic rings. The Kier molecular flexibility index (Phi) is 11.5. The van der Waals surface area contributed by atoms with Gasteiger partial charge in [0.15, 0.2) is 17.7 Å². The number of hydrazone groups is 1. The quantitative estimate of drug-likeness (QED) is 0.0617. The number of methoxy groups -OCH3 is 1. The zero-order valence-electron chi connectivity index (χ0n) is 25.1. The second-order valence-electron chi connectivity index (χ2n) is 9.82. The van der Waals surface area contributed by atoms with Gasteiger partial charge < -0.3 is 34.7 Å². The van der Waals surface area contributed by atoms with Crippen molar-refractivity contribution in [3.05, 3.63) is 103 Å². The number of amides is 2. The van der Waals surface area contributed by atoms with Crippen LogP contribution >= 0.6 is 15.9 Å². The highest BCUT2D eigenvalue weighted by atomic mass is 79.9. The number of hydrogen-bond donors (Lipinski definition) is 4. The molecule has 2 amide bonds. The van der Waals surface area contributed by atoms with Crippen LogP contribution in [0.25, 0.3) is 0 Å².